The van der Waals surface area contributed by atoms with Gasteiger partial charge in [-0.15, -0.1) is 0 Å². The summed E-state index contributed by atoms with van der Waals surface area (Å²) in [5, 5.41) is 3.38. The van der Waals surface area contributed by atoms with Gasteiger partial charge in [0.1, 0.15) is 0 Å². The maximum Gasteiger partial charge on any atom is 0.310 e. The van der Waals surface area contributed by atoms with Gasteiger partial charge >= 0.3 is 5.97 Å². The van der Waals surface area contributed by atoms with Crippen LogP contribution < -0.4 is 5.32 Å². The third-order valence-corrected chi connectivity index (χ3v) is 4.42. The van der Waals surface area contributed by atoms with E-state index < -0.39 is 0 Å². The third-order valence-electron chi connectivity index (χ3n) is 4.42. The molecule has 3 unspecified atom stereocenters. The standard InChI is InChI=1S/C14H25NO3/c1-4-17-13(16)11-8-15-9-14(11)5-6-18-12(7-14)10(2)3/h10-12,15H,4-9H2,1-3H3. The molecule has 2 fully saturated rings. The van der Waals surface area contributed by atoms with Crippen LogP contribution in [-0.2, 0) is 14.3 Å². The van der Waals surface area contributed by atoms with Gasteiger partial charge in [0.05, 0.1) is 18.6 Å². The Morgan fingerprint density at radius 2 is 2.33 bits per heavy atom. The second-order valence-corrected chi connectivity index (χ2v) is 5.91. The molecule has 0 bridgehead atoms. The summed E-state index contributed by atoms with van der Waals surface area (Å²) in [7, 11) is 0. The van der Waals surface area contributed by atoms with Gasteiger partial charge < -0.3 is 14.8 Å². The molecule has 104 valence electrons. The number of rotatable bonds is 3. The first-order valence-electron chi connectivity index (χ1n) is 7.08. The molecule has 0 aromatic rings. The van der Waals surface area contributed by atoms with Gasteiger partial charge in [0.25, 0.3) is 0 Å². The Labute approximate surface area is 109 Å². The van der Waals surface area contributed by atoms with E-state index in [0.29, 0.717) is 12.5 Å². The minimum Gasteiger partial charge on any atom is -0.466 e. The fourth-order valence-electron chi connectivity index (χ4n) is 3.26. The largest absolute Gasteiger partial charge is 0.466 e. The van der Waals surface area contributed by atoms with Crippen molar-refractivity contribution in [3.05, 3.63) is 0 Å². The van der Waals surface area contributed by atoms with Crippen molar-refractivity contribution in [2.75, 3.05) is 26.3 Å². The lowest BCUT2D eigenvalue weighted by Gasteiger charge is -2.42. The van der Waals surface area contributed by atoms with Crippen molar-refractivity contribution in [3.8, 4) is 0 Å². The van der Waals surface area contributed by atoms with Crippen LogP contribution in [0.2, 0.25) is 0 Å². The number of hydrogen-bond donors (Lipinski definition) is 1. The zero-order chi connectivity index (χ0) is 13.2. The molecule has 0 radical (unpaired) electrons. The summed E-state index contributed by atoms with van der Waals surface area (Å²) >= 11 is 0. The molecule has 4 heteroatoms. The van der Waals surface area contributed by atoms with E-state index in [0.717, 1.165) is 32.5 Å². The fourth-order valence-corrected chi connectivity index (χ4v) is 3.26. The van der Waals surface area contributed by atoms with Crippen molar-refractivity contribution < 1.29 is 14.3 Å². The molecule has 4 nitrogen and oxygen atoms in total. The Bertz CT molecular complexity index is 305. The first-order valence-corrected chi connectivity index (χ1v) is 7.08. The lowest BCUT2D eigenvalue weighted by Crippen LogP contribution is -2.45. The van der Waals surface area contributed by atoms with Gasteiger partial charge in [-0.05, 0) is 25.7 Å². The molecule has 2 rings (SSSR count). The van der Waals surface area contributed by atoms with Crippen LogP contribution in [0.3, 0.4) is 0 Å². The smallest absolute Gasteiger partial charge is 0.310 e. The van der Waals surface area contributed by atoms with Gasteiger partial charge in [-0.1, -0.05) is 13.8 Å². The summed E-state index contributed by atoms with van der Waals surface area (Å²) < 4.78 is 11.1. The van der Waals surface area contributed by atoms with Crippen molar-refractivity contribution in [1.29, 1.82) is 0 Å². The second kappa shape index (κ2) is 5.57. The fraction of sp³-hybridized carbons (Fsp3) is 0.929. The van der Waals surface area contributed by atoms with E-state index in [4.69, 9.17) is 9.47 Å². The molecule has 3 atom stereocenters. The lowest BCUT2D eigenvalue weighted by molar-refractivity contribution is -0.156. The number of esters is 1. The highest BCUT2D eigenvalue weighted by atomic mass is 16.5. The van der Waals surface area contributed by atoms with Crippen molar-refractivity contribution >= 4 is 5.97 Å². The summed E-state index contributed by atoms with van der Waals surface area (Å²) in [6, 6.07) is 0. The van der Waals surface area contributed by atoms with Crippen molar-refractivity contribution in [1.82, 2.24) is 5.32 Å². The van der Waals surface area contributed by atoms with Crippen LogP contribution in [-0.4, -0.2) is 38.4 Å². The van der Waals surface area contributed by atoms with Crippen molar-refractivity contribution in [2.24, 2.45) is 17.3 Å². The van der Waals surface area contributed by atoms with Gasteiger partial charge in [-0.2, -0.15) is 0 Å². The Balaban J connectivity index is 2.10. The van der Waals surface area contributed by atoms with E-state index in [1.807, 2.05) is 6.92 Å². The predicted molar refractivity (Wildman–Crippen MR) is 69.2 cm³/mol. The highest BCUT2D eigenvalue weighted by Gasteiger charge is 2.50. The number of nitrogens with one attached hydrogen (secondary N) is 1. The minimum absolute atomic E-state index is 0.00241. The molecule has 1 spiro atoms. The van der Waals surface area contributed by atoms with Crippen molar-refractivity contribution in [2.45, 2.75) is 39.7 Å². The number of ether oxygens (including phenoxy) is 2. The highest BCUT2D eigenvalue weighted by molar-refractivity contribution is 5.74. The Hall–Kier alpha value is -0.610. The quantitative estimate of drug-likeness (QED) is 0.778. The molecule has 2 saturated heterocycles. The summed E-state index contributed by atoms with van der Waals surface area (Å²) in [6.07, 6.45) is 2.21. The molecule has 0 amide bonds. The average molecular weight is 255 g/mol. The van der Waals surface area contributed by atoms with Crippen LogP contribution in [0, 0.1) is 17.3 Å². The van der Waals surface area contributed by atoms with Crippen LogP contribution in [0.15, 0.2) is 0 Å². The van der Waals surface area contributed by atoms with Gasteiger partial charge in [0.15, 0.2) is 0 Å². The molecule has 2 aliphatic heterocycles. The van der Waals surface area contributed by atoms with Gasteiger partial charge in [-0.3, -0.25) is 4.79 Å². The number of carbonyl (C=O) groups is 1. The number of carbonyl (C=O) groups excluding carboxylic acids is 1. The minimum atomic E-state index is -0.0353. The second-order valence-electron chi connectivity index (χ2n) is 5.91. The monoisotopic (exact) mass is 255 g/mol. The van der Waals surface area contributed by atoms with E-state index in [1.54, 1.807) is 0 Å². The highest BCUT2D eigenvalue weighted by Crippen LogP contribution is 2.44. The molecule has 0 aromatic heterocycles. The van der Waals surface area contributed by atoms with Gasteiger partial charge in [-0.25, -0.2) is 0 Å². The maximum atomic E-state index is 12.1. The van der Waals surface area contributed by atoms with E-state index >= 15 is 0 Å². The molecule has 0 aromatic carbocycles. The lowest BCUT2D eigenvalue weighted by atomic mass is 9.69. The van der Waals surface area contributed by atoms with E-state index in [2.05, 4.69) is 19.2 Å². The average Bonchev–Trinajstić information content (AvgIpc) is 2.73. The Morgan fingerprint density at radius 3 is 3.00 bits per heavy atom. The molecule has 2 aliphatic rings. The van der Waals surface area contributed by atoms with Crippen LogP contribution in [0.1, 0.15) is 33.6 Å². The van der Waals surface area contributed by atoms with Crippen LogP contribution in [0.4, 0.5) is 0 Å². The third kappa shape index (κ3) is 2.54. The molecule has 1 N–H and O–H groups in total. The zero-order valence-corrected chi connectivity index (χ0v) is 11.7. The Morgan fingerprint density at radius 1 is 1.56 bits per heavy atom. The summed E-state index contributed by atoms with van der Waals surface area (Å²) in [6.45, 7) is 9.15. The Kier molecular flexibility index (Phi) is 4.28. The van der Waals surface area contributed by atoms with Crippen LogP contribution >= 0.6 is 0 Å². The molecule has 0 aliphatic carbocycles. The first-order chi connectivity index (χ1) is 8.59. The van der Waals surface area contributed by atoms with E-state index in [9.17, 15) is 4.79 Å². The van der Waals surface area contributed by atoms with Crippen molar-refractivity contribution in [3.63, 3.8) is 0 Å². The molecule has 2 heterocycles. The number of hydrogen-bond acceptors (Lipinski definition) is 4. The first kappa shape index (κ1) is 13.8. The normalized spacial score (nSPS) is 36.2. The maximum absolute atomic E-state index is 12.1. The summed E-state index contributed by atoms with van der Waals surface area (Å²) in [5.74, 6) is 0.472. The van der Waals surface area contributed by atoms with E-state index in [1.165, 1.54) is 0 Å². The molecular formula is C14H25NO3. The predicted octanol–water partition coefficient (Wildman–Crippen LogP) is 1.59. The molecule has 18 heavy (non-hydrogen) atoms. The summed E-state index contributed by atoms with van der Waals surface area (Å²) in [4.78, 5) is 12.1. The SMILES string of the molecule is CCOC(=O)C1CNCC12CCOC(C(C)C)C2. The van der Waals surface area contributed by atoms with E-state index in [-0.39, 0.29) is 23.4 Å². The molecular weight excluding hydrogens is 230 g/mol. The zero-order valence-electron chi connectivity index (χ0n) is 11.7. The summed E-state index contributed by atoms with van der Waals surface area (Å²) in [5.41, 5.74) is 0.0550. The topological polar surface area (TPSA) is 47.6 Å². The van der Waals surface area contributed by atoms with Gasteiger partial charge in [0.2, 0.25) is 0 Å². The molecule has 0 saturated carbocycles. The van der Waals surface area contributed by atoms with Gasteiger partial charge in [0, 0.05) is 25.1 Å². The van der Waals surface area contributed by atoms with Crippen LogP contribution in [0.5, 0.6) is 0 Å². The van der Waals surface area contributed by atoms with Crippen LogP contribution in [0.25, 0.3) is 0 Å².